The molecule has 1 fully saturated rings. The zero-order valence-electron chi connectivity index (χ0n) is 5.22. The second kappa shape index (κ2) is 2.17. The molecule has 0 aromatic carbocycles. The van der Waals surface area contributed by atoms with Gasteiger partial charge in [0.15, 0.2) is 0 Å². The lowest BCUT2D eigenvalue weighted by atomic mass is 9.94. The number of Topliss-reactive ketones (excluding diaryl/α,β-unsaturated/α-hetero) is 1. The summed E-state index contributed by atoms with van der Waals surface area (Å²) >= 11 is 0. The van der Waals surface area contributed by atoms with Crippen LogP contribution in [0.3, 0.4) is 0 Å². The first-order chi connectivity index (χ1) is 4.18. The predicted molar refractivity (Wildman–Crippen MR) is 29.8 cm³/mol. The minimum atomic E-state index is -0.299. The number of hydrogen-bond acceptors (Lipinski definition) is 3. The highest BCUT2D eigenvalue weighted by atomic mass is 16.5. The highest BCUT2D eigenvalue weighted by molar-refractivity contribution is 5.86. The molecule has 0 amide bonds. The zero-order chi connectivity index (χ0) is 6.85. The second-order valence-electron chi connectivity index (χ2n) is 2.18. The van der Waals surface area contributed by atoms with Gasteiger partial charge in [-0.3, -0.25) is 9.59 Å². The molecule has 0 heterocycles. The van der Waals surface area contributed by atoms with Gasteiger partial charge in [-0.1, -0.05) is 0 Å². The van der Waals surface area contributed by atoms with E-state index in [0.29, 0.717) is 12.8 Å². The van der Waals surface area contributed by atoms with E-state index in [0.717, 1.165) is 0 Å². The molecule has 1 aliphatic rings. The van der Waals surface area contributed by atoms with Crippen LogP contribution in [0.2, 0.25) is 0 Å². The maximum atomic E-state index is 10.3. The van der Waals surface area contributed by atoms with E-state index < -0.39 is 0 Å². The summed E-state index contributed by atoms with van der Waals surface area (Å²) in [5.41, 5.74) is 0. The first-order valence-electron chi connectivity index (χ1n) is 2.87. The lowest BCUT2D eigenvalue weighted by Gasteiger charge is -2.22. The van der Waals surface area contributed by atoms with Crippen LogP contribution < -0.4 is 0 Å². The summed E-state index contributed by atoms with van der Waals surface area (Å²) in [6, 6.07) is 0. The molecule has 0 aromatic rings. The van der Waals surface area contributed by atoms with E-state index in [2.05, 4.69) is 0 Å². The van der Waals surface area contributed by atoms with E-state index in [-0.39, 0.29) is 17.9 Å². The molecule has 1 aliphatic carbocycles. The molecule has 50 valence electrons. The van der Waals surface area contributed by atoms with Gasteiger partial charge in [0.2, 0.25) is 0 Å². The van der Waals surface area contributed by atoms with Crippen molar-refractivity contribution in [1.82, 2.24) is 0 Å². The first kappa shape index (κ1) is 6.26. The molecule has 0 aromatic heterocycles. The lowest BCUT2D eigenvalue weighted by Crippen LogP contribution is -2.32. The largest absolute Gasteiger partial charge is 0.462 e. The smallest absolute Gasteiger partial charge is 0.302 e. The highest BCUT2D eigenvalue weighted by Crippen LogP contribution is 2.17. The van der Waals surface area contributed by atoms with Crippen molar-refractivity contribution in [1.29, 1.82) is 0 Å². The summed E-state index contributed by atoms with van der Waals surface area (Å²) in [4.78, 5) is 20.5. The normalized spacial score (nSPS) is 19.0. The fraction of sp³-hybridized carbons (Fsp3) is 0.667. The molecule has 0 unspecified atom stereocenters. The molecule has 1 rings (SSSR count). The Morgan fingerprint density at radius 3 is 2.56 bits per heavy atom. The molecule has 3 heteroatoms. The molecule has 0 saturated heterocycles. The number of carbonyl (C=O) groups excluding carboxylic acids is 2. The topological polar surface area (TPSA) is 43.4 Å². The van der Waals surface area contributed by atoms with Crippen LogP contribution in [0.15, 0.2) is 0 Å². The molecular weight excluding hydrogens is 120 g/mol. The zero-order valence-corrected chi connectivity index (χ0v) is 5.22. The van der Waals surface area contributed by atoms with Gasteiger partial charge < -0.3 is 4.74 Å². The van der Waals surface area contributed by atoms with Crippen molar-refractivity contribution in [2.24, 2.45) is 0 Å². The molecule has 0 aliphatic heterocycles. The van der Waals surface area contributed by atoms with Crippen LogP contribution in [-0.4, -0.2) is 17.9 Å². The Labute approximate surface area is 53.0 Å². The van der Waals surface area contributed by atoms with Gasteiger partial charge in [0, 0.05) is 19.8 Å². The number of esters is 1. The molecule has 9 heavy (non-hydrogen) atoms. The van der Waals surface area contributed by atoms with Crippen LogP contribution >= 0.6 is 0 Å². The van der Waals surface area contributed by atoms with Crippen molar-refractivity contribution in [2.45, 2.75) is 25.9 Å². The van der Waals surface area contributed by atoms with Gasteiger partial charge >= 0.3 is 5.97 Å². The van der Waals surface area contributed by atoms with Crippen molar-refractivity contribution in [3.8, 4) is 0 Å². The van der Waals surface area contributed by atoms with Crippen LogP contribution in [0.25, 0.3) is 0 Å². The SMILES string of the molecule is CC(=O)OC1CC(=O)C1. The van der Waals surface area contributed by atoms with Gasteiger partial charge in [0.25, 0.3) is 0 Å². The van der Waals surface area contributed by atoms with Crippen molar-refractivity contribution in [3.05, 3.63) is 0 Å². The van der Waals surface area contributed by atoms with E-state index >= 15 is 0 Å². The van der Waals surface area contributed by atoms with Gasteiger partial charge in [-0.05, 0) is 0 Å². The number of hydrogen-bond donors (Lipinski definition) is 0. The lowest BCUT2D eigenvalue weighted by molar-refractivity contribution is -0.154. The summed E-state index contributed by atoms with van der Waals surface area (Å²) in [5.74, 6) is -0.117. The second-order valence-corrected chi connectivity index (χ2v) is 2.18. The van der Waals surface area contributed by atoms with Gasteiger partial charge in [-0.15, -0.1) is 0 Å². The van der Waals surface area contributed by atoms with Gasteiger partial charge in [0.1, 0.15) is 11.9 Å². The third kappa shape index (κ3) is 1.52. The molecular formula is C6H8O3. The number of rotatable bonds is 1. The Bertz CT molecular complexity index is 142. The molecule has 0 N–H and O–H groups in total. The predicted octanol–water partition coefficient (Wildman–Crippen LogP) is 0.281. The highest BCUT2D eigenvalue weighted by Gasteiger charge is 2.28. The Kier molecular flexibility index (Phi) is 1.51. The minimum Gasteiger partial charge on any atom is -0.462 e. The van der Waals surface area contributed by atoms with Crippen molar-refractivity contribution >= 4 is 11.8 Å². The fourth-order valence-electron chi connectivity index (χ4n) is 0.766. The van der Waals surface area contributed by atoms with E-state index in [1.807, 2.05) is 0 Å². The standard InChI is InChI=1S/C6H8O3/c1-4(7)9-6-2-5(8)3-6/h6H,2-3H2,1H3. The maximum absolute atomic E-state index is 10.3. The van der Waals surface area contributed by atoms with E-state index in [1.165, 1.54) is 6.92 Å². The monoisotopic (exact) mass is 128 g/mol. The fourth-order valence-corrected chi connectivity index (χ4v) is 0.766. The summed E-state index contributed by atoms with van der Waals surface area (Å²) in [7, 11) is 0. The molecule has 0 atom stereocenters. The Morgan fingerprint density at radius 1 is 1.67 bits per heavy atom. The van der Waals surface area contributed by atoms with Crippen molar-refractivity contribution in [2.75, 3.05) is 0 Å². The Morgan fingerprint density at radius 2 is 2.22 bits per heavy atom. The first-order valence-corrected chi connectivity index (χ1v) is 2.87. The number of ketones is 1. The van der Waals surface area contributed by atoms with Gasteiger partial charge in [-0.2, -0.15) is 0 Å². The van der Waals surface area contributed by atoms with Gasteiger partial charge in [-0.25, -0.2) is 0 Å². The van der Waals surface area contributed by atoms with Crippen LogP contribution in [0.4, 0.5) is 0 Å². The summed E-state index contributed by atoms with van der Waals surface area (Å²) in [5, 5.41) is 0. The summed E-state index contributed by atoms with van der Waals surface area (Å²) in [6.45, 7) is 1.35. The summed E-state index contributed by atoms with van der Waals surface area (Å²) < 4.78 is 4.70. The number of carbonyl (C=O) groups is 2. The average Bonchev–Trinajstić information content (AvgIpc) is 1.60. The van der Waals surface area contributed by atoms with Crippen LogP contribution in [0, 0.1) is 0 Å². The van der Waals surface area contributed by atoms with E-state index in [9.17, 15) is 9.59 Å². The Hall–Kier alpha value is -0.860. The average molecular weight is 128 g/mol. The van der Waals surface area contributed by atoms with E-state index in [1.54, 1.807) is 0 Å². The van der Waals surface area contributed by atoms with Crippen LogP contribution in [-0.2, 0) is 14.3 Å². The summed E-state index contributed by atoms with van der Waals surface area (Å²) in [6.07, 6.45) is 0.717. The molecule has 1 saturated carbocycles. The van der Waals surface area contributed by atoms with Crippen LogP contribution in [0.5, 0.6) is 0 Å². The Balaban J connectivity index is 2.18. The van der Waals surface area contributed by atoms with Crippen LogP contribution in [0.1, 0.15) is 19.8 Å². The van der Waals surface area contributed by atoms with Crippen molar-refractivity contribution < 1.29 is 14.3 Å². The third-order valence-corrected chi connectivity index (χ3v) is 1.24. The molecule has 0 radical (unpaired) electrons. The quantitative estimate of drug-likeness (QED) is 0.476. The molecule has 0 bridgehead atoms. The third-order valence-electron chi connectivity index (χ3n) is 1.24. The minimum absolute atomic E-state index is 0.116. The molecule has 3 nitrogen and oxygen atoms in total. The number of ether oxygens (including phenoxy) is 1. The molecule has 0 spiro atoms. The van der Waals surface area contributed by atoms with Crippen molar-refractivity contribution in [3.63, 3.8) is 0 Å². The van der Waals surface area contributed by atoms with E-state index in [4.69, 9.17) is 4.74 Å². The maximum Gasteiger partial charge on any atom is 0.302 e. The van der Waals surface area contributed by atoms with Gasteiger partial charge in [0.05, 0.1) is 0 Å².